The largest absolute Gasteiger partial charge is 0.312 e. The molecule has 0 aliphatic heterocycles. The minimum atomic E-state index is 0.384. The molecule has 0 fully saturated rings. The molecular weight excluding hydrogens is 220 g/mol. The van der Waals surface area contributed by atoms with E-state index in [0.29, 0.717) is 18.1 Å². The average molecular weight is 248 g/mol. The Labute approximate surface area is 113 Å². The lowest BCUT2D eigenvalue weighted by atomic mass is 10.2. The summed E-state index contributed by atoms with van der Waals surface area (Å²) < 4.78 is 0. The second-order valence-electron chi connectivity index (χ2n) is 5.26. The molecule has 102 valence electrons. The van der Waals surface area contributed by atoms with E-state index in [9.17, 15) is 0 Å². The van der Waals surface area contributed by atoms with Gasteiger partial charge in [0.15, 0.2) is 0 Å². The number of hydrogen-bond donors (Lipinski definition) is 1. The van der Waals surface area contributed by atoms with Gasteiger partial charge >= 0.3 is 0 Å². The second kappa shape index (κ2) is 9.84. The summed E-state index contributed by atoms with van der Waals surface area (Å²) in [5, 5.41) is 3.31. The lowest BCUT2D eigenvalue weighted by Gasteiger charge is -2.10. The first kappa shape index (κ1) is 16.9. The number of hydrogen-bond acceptors (Lipinski definition) is 2. The Kier molecular flexibility index (Phi) is 9.21. The van der Waals surface area contributed by atoms with Gasteiger partial charge in [-0.05, 0) is 19.4 Å². The van der Waals surface area contributed by atoms with Crippen molar-refractivity contribution >= 4 is 6.21 Å². The highest BCUT2D eigenvalue weighted by Crippen LogP contribution is 1.95. The molecule has 0 unspecified atom stereocenters. The fraction of sp³-hybridized carbons (Fsp3) is 0.562. The molecule has 0 amide bonds. The minimum Gasteiger partial charge on any atom is -0.312 e. The number of rotatable bonds is 4. The number of aliphatic imine (C=N–C) groups is 1. The van der Waals surface area contributed by atoms with Crippen molar-refractivity contribution in [2.24, 2.45) is 4.99 Å². The van der Waals surface area contributed by atoms with Gasteiger partial charge in [-0.2, -0.15) is 0 Å². The standard InChI is InChI=1S/C10H13N.C6H15N/c1-9(2)11-8-10-6-4-3-5-7-10;1-5(2)7-6(3)4/h3-9H,1-2H3;5-7H,1-4H3. The smallest absolute Gasteiger partial charge is 0.0443 e. The number of nitrogens with zero attached hydrogens (tertiary/aromatic N) is 1. The van der Waals surface area contributed by atoms with Crippen LogP contribution in [0.3, 0.4) is 0 Å². The number of benzene rings is 1. The molecule has 2 heteroatoms. The summed E-state index contributed by atoms with van der Waals surface area (Å²) in [4.78, 5) is 4.27. The van der Waals surface area contributed by atoms with Crippen LogP contribution in [0.25, 0.3) is 0 Å². The monoisotopic (exact) mass is 248 g/mol. The molecule has 1 aromatic rings. The lowest BCUT2D eigenvalue weighted by molar-refractivity contribution is 0.518. The SMILES string of the molecule is CC(C)N=Cc1ccccc1.CC(C)NC(C)C. The second-order valence-corrected chi connectivity index (χ2v) is 5.26. The van der Waals surface area contributed by atoms with E-state index in [0.717, 1.165) is 0 Å². The van der Waals surface area contributed by atoms with Crippen LogP contribution in [-0.2, 0) is 0 Å². The van der Waals surface area contributed by atoms with Crippen LogP contribution in [-0.4, -0.2) is 24.3 Å². The maximum Gasteiger partial charge on any atom is 0.0443 e. The quantitative estimate of drug-likeness (QED) is 0.803. The first-order chi connectivity index (χ1) is 8.41. The van der Waals surface area contributed by atoms with Crippen LogP contribution >= 0.6 is 0 Å². The predicted molar refractivity (Wildman–Crippen MR) is 82.6 cm³/mol. The van der Waals surface area contributed by atoms with E-state index >= 15 is 0 Å². The Balaban J connectivity index is 0.000000360. The number of nitrogens with one attached hydrogen (secondary N) is 1. The molecule has 0 saturated heterocycles. The van der Waals surface area contributed by atoms with E-state index in [1.165, 1.54) is 5.56 Å². The van der Waals surface area contributed by atoms with Crippen molar-refractivity contribution in [1.29, 1.82) is 0 Å². The van der Waals surface area contributed by atoms with Gasteiger partial charge in [0.05, 0.1) is 0 Å². The van der Waals surface area contributed by atoms with Gasteiger partial charge in [-0.3, -0.25) is 4.99 Å². The van der Waals surface area contributed by atoms with Gasteiger partial charge in [-0.25, -0.2) is 0 Å². The van der Waals surface area contributed by atoms with Crippen LogP contribution in [0.15, 0.2) is 35.3 Å². The molecule has 2 nitrogen and oxygen atoms in total. The van der Waals surface area contributed by atoms with E-state index in [4.69, 9.17) is 0 Å². The Morgan fingerprint density at radius 3 is 1.72 bits per heavy atom. The van der Waals surface area contributed by atoms with Crippen LogP contribution in [0.1, 0.15) is 47.1 Å². The third-order valence-corrected chi connectivity index (χ3v) is 1.99. The van der Waals surface area contributed by atoms with Crippen molar-refractivity contribution < 1.29 is 0 Å². The summed E-state index contributed by atoms with van der Waals surface area (Å²) in [6.07, 6.45) is 1.91. The third-order valence-electron chi connectivity index (χ3n) is 1.99. The zero-order valence-corrected chi connectivity index (χ0v) is 12.6. The summed E-state index contributed by atoms with van der Waals surface area (Å²) in [6, 6.07) is 11.8. The molecule has 0 radical (unpaired) electrons. The molecule has 0 aliphatic carbocycles. The molecule has 0 atom stereocenters. The minimum absolute atomic E-state index is 0.384. The first-order valence-corrected chi connectivity index (χ1v) is 6.76. The highest BCUT2D eigenvalue weighted by Gasteiger charge is 1.92. The van der Waals surface area contributed by atoms with Gasteiger partial charge in [0.1, 0.15) is 0 Å². The Morgan fingerprint density at radius 1 is 0.889 bits per heavy atom. The Bertz CT molecular complexity index is 307. The molecule has 0 bridgehead atoms. The average Bonchev–Trinajstić information content (AvgIpc) is 2.26. The molecular formula is C16H28N2. The van der Waals surface area contributed by atoms with Crippen molar-refractivity contribution in [3.05, 3.63) is 35.9 Å². The molecule has 0 spiro atoms. The summed E-state index contributed by atoms with van der Waals surface area (Å²) in [5.41, 5.74) is 1.17. The summed E-state index contributed by atoms with van der Waals surface area (Å²) in [6.45, 7) is 12.7. The molecule has 1 N–H and O–H groups in total. The van der Waals surface area contributed by atoms with Crippen molar-refractivity contribution in [2.45, 2.75) is 59.7 Å². The van der Waals surface area contributed by atoms with Crippen molar-refractivity contribution in [3.8, 4) is 0 Å². The third kappa shape index (κ3) is 11.3. The van der Waals surface area contributed by atoms with E-state index in [1.807, 2.05) is 36.5 Å². The van der Waals surface area contributed by atoms with Crippen LogP contribution in [0, 0.1) is 0 Å². The van der Waals surface area contributed by atoms with Crippen LogP contribution < -0.4 is 5.32 Å². The van der Waals surface area contributed by atoms with E-state index in [2.05, 4.69) is 51.9 Å². The van der Waals surface area contributed by atoms with Gasteiger partial charge < -0.3 is 5.32 Å². The van der Waals surface area contributed by atoms with Gasteiger partial charge in [0.2, 0.25) is 0 Å². The van der Waals surface area contributed by atoms with Crippen molar-refractivity contribution in [2.75, 3.05) is 0 Å². The summed E-state index contributed by atoms with van der Waals surface area (Å²) in [5.74, 6) is 0. The maximum absolute atomic E-state index is 4.27. The van der Waals surface area contributed by atoms with Crippen LogP contribution in [0.2, 0.25) is 0 Å². The molecule has 0 saturated carbocycles. The lowest BCUT2D eigenvalue weighted by Crippen LogP contribution is -2.29. The maximum atomic E-state index is 4.27. The van der Waals surface area contributed by atoms with E-state index < -0.39 is 0 Å². The highest BCUT2D eigenvalue weighted by atomic mass is 14.9. The predicted octanol–water partition coefficient (Wildman–Crippen LogP) is 3.91. The Hall–Kier alpha value is -1.15. The van der Waals surface area contributed by atoms with Gasteiger partial charge in [-0.1, -0.05) is 58.0 Å². The fourth-order valence-electron chi connectivity index (χ4n) is 1.44. The van der Waals surface area contributed by atoms with E-state index in [1.54, 1.807) is 0 Å². The highest BCUT2D eigenvalue weighted by molar-refractivity contribution is 5.79. The first-order valence-electron chi connectivity index (χ1n) is 6.76. The zero-order chi connectivity index (χ0) is 14.0. The normalized spacial score (nSPS) is 11.2. The van der Waals surface area contributed by atoms with Crippen LogP contribution in [0.4, 0.5) is 0 Å². The molecule has 0 aromatic heterocycles. The fourth-order valence-corrected chi connectivity index (χ4v) is 1.44. The molecule has 1 rings (SSSR count). The van der Waals surface area contributed by atoms with Crippen molar-refractivity contribution in [3.63, 3.8) is 0 Å². The topological polar surface area (TPSA) is 24.4 Å². The molecule has 18 heavy (non-hydrogen) atoms. The molecule has 0 aliphatic rings. The van der Waals surface area contributed by atoms with Gasteiger partial charge in [0, 0.05) is 24.3 Å². The van der Waals surface area contributed by atoms with Crippen molar-refractivity contribution in [1.82, 2.24) is 5.32 Å². The van der Waals surface area contributed by atoms with Gasteiger partial charge in [0.25, 0.3) is 0 Å². The summed E-state index contributed by atoms with van der Waals surface area (Å²) >= 11 is 0. The Morgan fingerprint density at radius 2 is 1.39 bits per heavy atom. The van der Waals surface area contributed by atoms with E-state index in [-0.39, 0.29) is 0 Å². The zero-order valence-electron chi connectivity index (χ0n) is 12.6. The van der Waals surface area contributed by atoms with Crippen LogP contribution in [0.5, 0.6) is 0 Å². The molecule has 1 aromatic carbocycles. The summed E-state index contributed by atoms with van der Waals surface area (Å²) in [7, 11) is 0. The van der Waals surface area contributed by atoms with Gasteiger partial charge in [-0.15, -0.1) is 0 Å². The molecule has 0 heterocycles.